The predicted octanol–water partition coefficient (Wildman–Crippen LogP) is 3.22. The number of ether oxygens (including phenoxy) is 1. The van der Waals surface area contributed by atoms with Crippen LogP contribution < -0.4 is 10.1 Å². The van der Waals surface area contributed by atoms with E-state index in [1.54, 1.807) is 7.11 Å². The van der Waals surface area contributed by atoms with E-state index in [1.165, 1.54) is 18.4 Å². The summed E-state index contributed by atoms with van der Waals surface area (Å²) in [6.07, 6.45) is 3.85. The van der Waals surface area contributed by atoms with Gasteiger partial charge in [-0.05, 0) is 31.9 Å². The van der Waals surface area contributed by atoms with Crippen LogP contribution in [0.4, 0.5) is 0 Å². The van der Waals surface area contributed by atoms with Crippen LogP contribution in [-0.4, -0.2) is 37.7 Å². The van der Waals surface area contributed by atoms with E-state index in [4.69, 9.17) is 4.74 Å². The number of benzene rings is 1. The Morgan fingerprint density at radius 2 is 2.05 bits per heavy atom. The van der Waals surface area contributed by atoms with Crippen molar-refractivity contribution < 1.29 is 4.74 Å². The molecule has 112 valence electrons. The Bertz CT molecular complexity index is 404. The second kappa shape index (κ2) is 7.65. The number of nitrogens with zero attached hydrogens (tertiary/aromatic N) is 1. The number of hydrogen-bond donors (Lipinski definition) is 1. The molecule has 1 aliphatic carbocycles. The second-order valence-corrected chi connectivity index (χ2v) is 5.52. The second-order valence-electron chi connectivity index (χ2n) is 5.52. The molecule has 1 unspecified atom stereocenters. The van der Waals surface area contributed by atoms with Gasteiger partial charge in [-0.3, -0.25) is 4.90 Å². The van der Waals surface area contributed by atoms with E-state index in [0.717, 1.165) is 37.8 Å². The van der Waals surface area contributed by atoms with E-state index in [1.807, 2.05) is 12.1 Å². The van der Waals surface area contributed by atoms with Crippen molar-refractivity contribution in [3.63, 3.8) is 0 Å². The molecular weight excluding hydrogens is 248 g/mol. The summed E-state index contributed by atoms with van der Waals surface area (Å²) in [6, 6.07) is 9.56. The molecule has 0 heterocycles. The van der Waals surface area contributed by atoms with Gasteiger partial charge in [0.25, 0.3) is 0 Å². The topological polar surface area (TPSA) is 24.5 Å². The molecule has 0 spiro atoms. The largest absolute Gasteiger partial charge is 0.496 e. The summed E-state index contributed by atoms with van der Waals surface area (Å²) in [5, 5.41) is 3.69. The van der Waals surface area contributed by atoms with Crippen LogP contribution in [0.25, 0.3) is 0 Å². The van der Waals surface area contributed by atoms with Gasteiger partial charge in [0.2, 0.25) is 0 Å². The average Bonchev–Trinajstić information content (AvgIpc) is 3.32. The molecule has 0 saturated heterocycles. The zero-order valence-electron chi connectivity index (χ0n) is 13.1. The summed E-state index contributed by atoms with van der Waals surface area (Å²) in [5.41, 5.74) is 1.27. The summed E-state index contributed by atoms with van der Waals surface area (Å²) in [7, 11) is 1.75. The predicted molar refractivity (Wildman–Crippen MR) is 84.3 cm³/mol. The number of para-hydroxylation sites is 1. The lowest BCUT2D eigenvalue weighted by atomic mass is 10.0. The van der Waals surface area contributed by atoms with Gasteiger partial charge in [-0.25, -0.2) is 0 Å². The van der Waals surface area contributed by atoms with E-state index in [9.17, 15) is 0 Å². The number of hydrogen-bond acceptors (Lipinski definition) is 3. The van der Waals surface area contributed by atoms with Crippen molar-refractivity contribution in [3.05, 3.63) is 29.8 Å². The van der Waals surface area contributed by atoms with Crippen LogP contribution in [0.15, 0.2) is 24.3 Å². The first-order valence-corrected chi connectivity index (χ1v) is 7.90. The minimum absolute atomic E-state index is 0.379. The Balaban J connectivity index is 1.88. The molecule has 0 bridgehead atoms. The van der Waals surface area contributed by atoms with Crippen molar-refractivity contribution in [1.82, 2.24) is 10.2 Å². The van der Waals surface area contributed by atoms with Crippen LogP contribution in [-0.2, 0) is 0 Å². The van der Waals surface area contributed by atoms with Gasteiger partial charge in [0.15, 0.2) is 0 Å². The third-order valence-corrected chi connectivity index (χ3v) is 4.18. The Labute approximate surface area is 123 Å². The highest BCUT2D eigenvalue weighted by molar-refractivity contribution is 5.35. The molecule has 1 N–H and O–H groups in total. The molecule has 0 radical (unpaired) electrons. The maximum atomic E-state index is 5.47. The van der Waals surface area contributed by atoms with E-state index in [2.05, 4.69) is 36.2 Å². The molecule has 20 heavy (non-hydrogen) atoms. The Hall–Kier alpha value is -1.06. The molecule has 0 aliphatic heterocycles. The van der Waals surface area contributed by atoms with Crippen LogP contribution in [0.3, 0.4) is 0 Å². The number of nitrogens with one attached hydrogen (secondary N) is 1. The zero-order chi connectivity index (χ0) is 14.4. The molecular formula is C17H28N2O. The summed E-state index contributed by atoms with van der Waals surface area (Å²) < 4.78 is 5.47. The third kappa shape index (κ3) is 3.97. The molecule has 0 amide bonds. The standard InChI is InChI=1S/C17H28N2O/c1-4-16(15-8-6-7-9-17(15)20-3)18-12-13-19(5-2)14-10-11-14/h6-9,14,16,18H,4-5,10-13H2,1-3H3. The van der Waals surface area contributed by atoms with E-state index < -0.39 is 0 Å². The third-order valence-electron chi connectivity index (χ3n) is 4.18. The highest BCUT2D eigenvalue weighted by atomic mass is 16.5. The summed E-state index contributed by atoms with van der Waals surface area (Å²) in [6.45, 7) is 7.84. The van der Waals surface area contributed by atoms with Crippen LogP contribution in [0.2, 0.25) is 0 Å². The van der Waals surface area contributed by atoms with Gasteiger partial charge in [-0.15, -0.1) is 0 Å². The number of rotatable bonds is 9. The van der Waals surface area contributed by atoms with E-state index in [0.29, 0.717) is 6.04 Å². The Morgan fingerprint density at radius 1 is 1.30 bits per heavy atom. The monoisotopic (exact) mass is 276 g/mol. The minimum Gasteiger partial charge on any atom is -0.496 e. The Morgan fingerprint density at radius 3 is 2.65 bits per heavy atom. The van der Waals surface area contributed by atoms with Gasteiger partial charge >= 0.3 is 0 Å². The first kappa shape index (κ1) is 15.3. The van der Waals surface area contributed by atoms with Crippen molar-refractivity contribution in [2.75, 3.05) is 26.7 Å². The molecule has 1 aromatic rings. The van der Waals surface area contributed by atoms with Gasteiger partial charge in [-0.1, -0.05) is 32.0 Å². The molecule has 2 rings (SSSR count). The fourth-order valence-corrected chi connectivity index (χ4v) is 2.85. The average molecular weight is 276 g/mol. The summed E-state index contributed by atoms with van der Waals surface area (Å²) in [4.78, 5) is 2.59. The zero-order valence-corrected chi connectivity index (χ0v) is 13.1. The molecule has 0 aromatic heterocycles. The normalized spacial score (nSPS) is 16.4. The lowest BCUT2D eigenvalue weighted by Gasteiger charge is -2.24. The molecule has 1 aliphatic rings. The molecule has 1 fully saturated rings. The summed E-state index contributed by atoms with van der Waals surface area (Å²) >= 11 is 0. The fourth-order valence-electron chi connectivity index (χ4n) is 2.85. The van der Waals surface area contributed by atoms with Gasteiger partial charge in [-0.2, -0.15) is 0 Å². The van der Waals surface area contributed by atoms with Gasteiger partial charge in [0, 0.05) is 30.7 Å². The van der Waals surface area contributed by atoms with E-state index >= 15 is 0 Å². The molecule has 3 nitrogen and oxygen atoms in total. The Kier molecular flexibility index (Phi) is 5.86. The van der Waals surface area contributed by atoms with Gasteiger partial charge < -0.3 is 10.1 Å². The first-order valence-electron chi connectivity index (χ1n) is 7.90. The van der Waals surface area contributed by atoms with Crippen LogP contribution >= 0.6 is 0 Å². The molecule has 1 aromatic carbocycles. The molecule has 1 atom stereocenters. The lowest BCUT2D eigenvalue weighted by Crippen LogP contribution is -2.35. The maximum absolute atomic E-state index is 5.47. The van der Waals surface area contributed by atoms with Crippen molar-refractivity contribution in [2.24, 2.45) is 0 Å². The molecule has 1 saturated carbocycles. The minimum atomic E-state index is 0.379. The van der Waals surface area contributed by atoms with Crippen molar-refractivity contribution in [2.45, 2.75) is 45.2 Å². The van der Waals surface area contributed by atoms with Crippen molar-refractivity contribution in [3.8, 4) is 5.75 Å². The highest BCUT2D eigenvalue weighted by Crippen LogP contribution is 2.28. The maximum Gasteiger partial charge on any atom is 0.123 e. The first-order chi connectivity index (χ1) is 9.80. The quantitative estimate of drug-likeness (QED) is 0.749. The van der Waals surface area contributed by atoms with E-state index in [-0.39, 0.29) is 0 Å². The lowest BCUT2D eigenvalue weighted by molar-refractivity contribution is 0.271. The number of methoxy groups -OCH3 is 1. The van der Waals surface area contributed by atoms with Gasteiger partial charge in [0.1, 0.15) is 5.75 Å². The highest BCUT2D eigenvalue weighted by Gasteiger charge is 2.27. The molecule has 3 heteroatoms. The van der Waals surface area contributed by atoms with Crippen LogP contribution in [0, 0.1) is 0 Å². The summed E-state index contributed by atoms with van der Waals surface area (Å²) in [5.74, 6) is 0.987. The number of likely N-dealkylation sites (N-methyl/N-ethyl adjacent to an activating group) is 1. The van der Waals surface area contributed by atoms with Crippen molar-refractivity contribution in [1.29, 1.82) is 0 Å². The smallest absolute Gasteiger partial charge is 0.123 e. The van der Waals surface area contributed by atoms with Crippen molar-refractivity contribution >= 4 is 0 Å². The SMILES string of the molecule is CCC(NCCN(CC)C1CC1)c1ccccc1OC. The van der Waals surface area contributed by atoms with Crippen LogP contribution in [0.1, 0.15) is 44.7 Å². The fraction of sp³-hybridized carbons (Fsp3) is 0.647. The van der Waals surface area contributed by atoms with Gasteiger partial charge in [0.05, 0.1) is 7.11 Å². The van der Waals surface area contributed by atoms with Crippen LogP contribution in [0.5, 0.6) is 5.75 Å².